The first-order valence-electron chi connectivity index (χ1n) is 4.70. The summed E-state index contributed by atoms with van der Waals surface area (Å²) < 4.78 is 0. The molecule has 0 radical (unpaired) electrons. The van der Waals surface area contributed by atoms with E-state index in [2.05, 4.69) is 17.9 Å². The van der Waals surface area contributed by atoms with Crippen LogP contribution >= 0.6 is 12.6 Å². The zero-order chi connectivity index (χ0) is 10.4. The summed E-state index contributed by atoms with van der Waals surface area (Å²) in [5, 5.41) is 2.87. The molecule has 14 heavy (non-hydrogen) atoms. The highest BCUT2D eigenvalue weighted by Gasteiger charge is 2.02. The van der Waals surface area contributed by atoms with E-state index in [0.717, 1.165) is 23.4 Å². The molecule has 0 unspecified atom stereocenters. The first kappa shape index (κ1) is 11.1. The number of anilines is 1. The summed E-state index contributed by atoms with van der Waals surface area (Å²) in [7, 11) is 0. The summed E-state index contributed by atoms with van der Waals surface area (Å²) in [5.74, 6) is 0.814. The molecule has 0 bridgehead atoms. The Labute approximate surface area is 90.1 Å². The van der Waals surface area contributed by atoms with Crippen LogP contribution in [0, 0.1) is 6.92 Å². The topological polar surface area (TPSA) is 29.1 Å². The van der Waals surface area contributed by atoms with Crippen LogP contribution in [0.5, 0.6) is 0 Å². The average Bonchev–Trinajstić information content (AvgIpc) is 2.18. The lowest BCUT2D eigenvalue weighted by atomic mass is 10.2. The number of nitrogens with one attached hydrogen (secondary N) is 1. The third-order valence-corrected chi connectivity index (χ3v) is 2.30. The van der Waals surface area contributed by atoms with Gasteiger partial charge in [-0.15, -0.1) is 0 Å². The van der Waals surface area contributed by atoms with Gasteiger partial charge in [0.1, 0.15) is 0 Å². The minimum absolute atomic E-state index is 0.0633. The number of carbonyl (C=O) groups is 1. The fraction of sp³-hybridized carbons (Fsp3) is 0.364. The third kappa shape index (κ3) is 3.42. The van der Waals surface area contributed by atoms with Gasteiger partial charge in [0.05, 0.1) is 0 Å². The number of amides is 1. The van der Waals surface area contributed by atoms with Gasteiger partial charge in [0.15, 0.2) is 0 Å². The van der Waals surface area contributed by atoms with Crippen molar-refractivity contribution < 1.29 is 4.79 Å². The van der Waals surface area contributed by atoms with Crippen LogP contribution in [0.2, 0.25) is 0 Å². The van der Waals surface area contributed by atoms with Crippen LogP contribution < -0.4 is 5.32 Å². The maximum absolute atomic E-state index is 11.4. The van der Waals surface area contributed by atoms with Crippen molar-refractivity contribution in [2.75, 3.05) is 11.1 Å². The van der Waals surface area contributed by atoms with Crippen molar-refractivity contribution in [3.63, 3.8) is 0 Å². The molecule has 0 spiro atoms. The molecule has 1 aromatic carbocycles. The Balaban J connectivity index is 2.52. The SMILES string of the molecule is Cc1ccccc1NC(=O)CCCS. The van der Waals surface area contributed by atoms with E-state index >= 15 is 0 Å². The fourth-order valence-corrected chi connectivity index (χ4v) is 1.32. The van der Waals surface area contributed by atoms with E-state index in [0.29, 0.717) is 6.42 Å². The van der Waals surface area contributed by atoms with Gasteiger partial charge >= 0.3 is 0 Å². The third-order valence-electron chi connectivity index (χ3n) is 1.98. The van der Waals surface area contributed by atoms with Gasteiger partial charge in [-0.3, -0.25) is 4.79 Å². The highest BCUT2D eigenvalue weighted by molar-refractivity contribution is 7.80. The van der Waals surface area contributed by atoms with Gasteiger partial charge in [-0.05, 0) is 30.7 Å². The van der Waals surface area contributed by atoms with Crippen molar-refractivity contribution in [2.24, 2.45) is 0 Å². The van der Waals surface area contributed by atoms with E-state index in [1.807, 2.05) is 31.2 Å². The maximum Gasteiger partial charge on any atom is 0.224 e. The number of hydrogen-bond donors (Lipinski definition) is 2. The number of aryl methyl sites for hydroxylation is 1. The molecule has 0 saturated heterocycles. The molecule has 2 nitrogen and oxygen atoms in total. The van der Waals surface area contributed by atoms with Crippen LogP contribution in [0.25, 0.3) is 0 Å². The van der Waals surface area contributed by atoms with Gasteiger partial charge in [-0.2, -0.15) is 12.6 Å². The summed E-state index contributed by atoms with van der Waals surface area (Å²) in [6, 6.07) is 7.77. The molecule has 1 rings (SSSR count). The Morgan fingerprint density at radius 1 is 1.43 bits per heavy atom. The molecule has 3 heteroatoms. The van der Waals surface area contributed by atoms with E-state index in [1.54, 1.807) is 0 Å². The number of carbonyl (C=O) groups excluding carboxylic acids is 1. The zero-order valence-electron chi connectivity index (χ0n) is 8.29. The van der Waals surface area contributed by atoms with Crippen molar-refractivity contribution in [3.05, 3.63) is 29.8 Å². The molecular weight excluding hydrogens is 194 g/mol. The van der Waals surface area contributed by atoms with Crippen LogP contribution in [-0.4, -0.2) is 11.7 Å². The summed E-state index contributed by atoms with van der Waals surface area (Å²) in [5.41, 5.74) is 1.99. The summed E-state index contributed by atoms with van der Waals surface area (Å²) in [6.45, 7) is 1.98. The number of thiol groups is 1. The second-order valence-electron chi connectivity index (χ2n) is 3.19. The predicted molar refractivity (Wildman–Crippen MR) is 62.9 cm³/mol. The van der Waals surface area contributed by atoms with Crippen LogP contribution in [0.4, 0.5) is 5.69 Å². The Morgan fingerprint density at radius 3 is 2.79 bits per heavy atom. The lowest BCUT2D eigenvalue weighted by Crippen LogP contribution is -2.12. The van der Waals surface area contributed by atoms with Crippen LogP contribution in [0.1, 0.15) is 18.4 Å². The number of benzene rings is 1. The van der Waals surface area contributed by atoms with Gasteiger partial charge < -0.3 is 5.32 Å². The van der Waals surface area contributed by atoms with E-state index in [4.69, 9.17) is 0 Å². The second kappa shape index (κ2) is 5.70. The van der Waals surface area contributed by atoms with Crippen molar-refractivity contribution in [2.45, 2.75) is 19.8 Å². The van der Waals surface area contributed by atoms with Crippen LogP contribution in [0.3, 0.4) is 0 Å². The molecule has 0 aromatic heterocycles. The van der Waals surface area contributed by atoms with Crippen molar-refractivity contribution in [1.29, 1.82) is 0 Å². The lowest BCUT2D eigenvalue weighted by Gasteiger charge is -2.06. The Kier molecular flexibility index (Phi) is 4.53. The van der Waals surface area contributed by atoms with E-state index in [1.165, 1.54) is 0 Å². The highest BCUT2D eigenvalue weighted by Crippen LogP contribution is 2.13. The number of rotatable bonds is 4. The highest BCUT2D eigenvalue weighted by atomic mass is 32.1. The summed E-state index contributed by atoms with van der Waals surface area (Å²) in [4.78, 5) is 11.4. The molecule has 0 heterocycles. The second-order valence-corrected chi connectivity index (χ2v) is 3.64. The predicted octanol–water partition coefficient (Wildman–Crippen LogP) is 2.64. The molecule has 0 fully saturated rings. The fourth-order valence-electron chi connectivity index (χ4n) is 1.17. The molecular formula is C11H15NOS. The summed E-state index contributed by atoms with van der Waals surface area (Å²) >= 11 is 4.06. The quantitative estimate of drug-likeness (QED) is 0.733. The van der Waals surface area contributed by atoms with E-state index in [-0.39, 0.29) is 5.91 Å². The minimum atomic E-state index is 0.0633. The molecule has 0 atom stereocenters. The van der Waals surface area contributed by atoms with Crippen LogP contribution in [-0.2, 0) is 4.79 Å². The smallest absolute Gasteiger partial charge is 0.224 e. The maximum atomic E-state index is 11.4. The first-order chi connectivity index (χ1) is 6.74. The Morgan fingerprint density at radius 2 is 2.14 bits per heavy atom. The lowest BCUT2D eigenvalue weighted by molar-refractivity contribution is -0.116. The van der Waals surface area contributed by atoms with Crippen molar-refractivity contribution in [1.82, 2.24) is 0 Å². The molecule has 1 N–H and O–H groups in total. The zero-order valence-corrected chi connectivity index (χ0v) is 9.18. The van der Waals surface area contributed by atoms with Crippen molar-refractivity contribution >= 4 is 24.2 Å². The van der Waals surface area contributed by atoms with Gasteiger partial charge in [0, 0.05) is 12.1 Å². The molecule has 76 valence electrons. The molecule has 0 aliphatic rings. The molecule has 0 saturated carbocycles. The Bertz CT molecular complexity index is 312. The normalized spacial score (nSPS) is 9.86. The Hall–Kier alpha value is -0.960. The molecule has 1 amide bonds. The van der Waals surface area contributed by atoms with E-state index < -0.39 is 0 Å². The van der Waals surface area contributed by atoms with Crippen molar-refractivity contribution in [3.8, 4) is 0 Å². The average molecular weight is 209 g/mol. The van der Waals surface area contributed by atoms with Gasteiger partial charge in [-0.25, -0.2) is 0 Å². The largest absolute Gasteiger partial charge is 0.326 e. The van der Waals surface area contributed by atoms with Gasteiger partial charge in [0.25, 0.3) is 0 Å². The van der Waals surface area contributed by atoms with Crippen LogP contribution in [0.15, 0.2) is 24.3 Å². The molecule has 1 aromatic rings. The first-order valence-corrected chi connectivity index (χ1v) is 5.33. The minimum Gasteiger partial charge on any atom is -0.326 e. The molecule has 0 aliphatic carbocycles. The number of hydrogen-bond acceptors (Lipinski definition) is 2. The standard InChI is InChI=1S/C11H15NOS/c1-9-5-2-3-6-10(9)12-11(13)7-4-8-14/h2-3,5-6,14H,4,7-8H2,1H3,(H,12,13). The van der Waals surface area contributed by atoms with E-state index in [9.17, 15) is 4.79 Å². The molecule has 0 aliphatic heterocycles. The van der Waals surface area contributed by atoms with Gasteiger partial charge in [0.2, 0.25) is 5.91 Å². The summed E-state index contributed by atoms with van der Waals surface area (Å²) in [6.07, 6.45) is 1.36. The van der Waals surface area contributed by atoms with Gasteiger partial charge in [-0.1, -0.05) is 18.2 Å². The number of para-hydroxylation sites is 1. The monoisotopic (exact) mass is 209 g/mol.